The average Bonchev–Trinajstić information content (AvgIpc) is 2.91. The van der Waals surface area contributed by atoms with Gasteiger partial charge in [0, 0.05) is 6.04 Å². The summed E-state index contributed by atoms with van der Waals surface area (Å²) in [4.78, 5) is 0. The van der Waals surface area contributed by atoms with E-state index in [-0.39, 0.29) is 12.6 Å². The fourth-order valence-corrected chi connectivity index (χ4v) is 3.67. The monoisotopic (exact) mass is 469 g/mol. The Morgan fingerprint density at radius 1 is 0.571 bits per heavy atom. The molecule has 0 amide bonds. The molecule has 1 atom stereocenters. The molecule has 1 unspecified atom stereocenters. The van der Waals surface area contributed by atoms with Crippen molar-refractivity contribution in [2.75, 3.05) is 6.61 Å². The standard InChI is InChI=1S/C30H31NO4/c31-27(19-32)16-26-17-28(33-20-23-10-4-1-5-11-23)30(35-22-25-14-8-3-9-15-25)29(18-26)34-21-24-12-6-2-7-13-24/h1-15,17-18,27,32H,16,19-22,31H2. The maximum Gasteiger partial charge on any atom is 0.203 e. The number of hydrogen-bond donors (Lipinski definition) is 2. The van der Waals surface area contributed by atoms with Gasteiger partial charge in [-0.05, 0) is 40.8 Å². The van der Waals surface area contributed by atoms with Crippen LogP contribution in [0.25, 0.3) is 0 Å². The van der Waals surface area contributed by atoms with Gasteiger partial charge in [0.15, 0.2) is 11.5 Å². The van der Waals surface area contributed by atoms with Crippen molar-refractivity contribution in [1.82, 2.24) is 0 Å². The van der Waals surface area contributed by atoms with Crippen molar-refractivity contribution in [1.29, 1.82) is 0 Å². The molecule has 0 aliphatic carbocycles. The second-order valence-corrected chi connectivity index (χ2v) is 8.39. The molecule has 0 aliphatic rings. The minimum absolute atomic E-state index is 0.104. The van der Waals surface area contributed by atoms with Gasteiger partial charge in [0.2, 0.25) is 5.75 Å². The molecule has 0 bridgehead atoms. The van der Waals surface area contributed by atoms with E-state index in [2.05, 4.69) is 0 Å². The van der Waals surface area contributed by atoms with Gasteiger partial charge in [0.1, 0.15) is 19.8 Å². The van der Waals surface area contributed by atoms with E-state index in [0.29, 0.717) is 43.5 Å². The van der Waals surface area contributed by atoms with Crippen LogP contribution < -0.4 is 19.9 Å². The Balaban J connectivity index is 1.65. The molecule has 3 N–H and O–H groups in total. The highest BCUT2D eigenvalue weighted by atomic mass is 16.5. The van der Waals surface area contributed by atoms with Crippen LogP contribution in [0.15, 0.2) is 103 Å². The smallest absolute Gasteiger partial charge is 0.203 e. The molecule has 0 saturated heterocycles. The topological polar surface area (TPSA) is 73.9 Å². The zero-order valence-electron chi connectivity index (χ0n) is 19.7. The minimum atomic E-state index is -0.380. The Kier molecular flexibility index (Phi) is 8.76. The van der Waals surface area contributed by atoms with Crippen molar-refractivity contribution in [3.05, 3.63) is 125 Å². The van der Waals surface area contributed by atoms with Gasteiger partial charge in [-0.25, -0.2) is 0 Å². The Labute approximate surface area is 206 Å². The third kappa shape index (κ3) is 7.34. The molecule has 0 spiro atoms. The average molecular weight is 470 g/mol. The summed E-state index contributed by atoms with van der Waals surface area (Å²) in [5, 5.41) is 9.49. The largest absolute Gasteiger partial charge is 0.485 e. The van der Waals surface area contributed by atoms with Crippen molar-refractivity contribution in [3.63, 3.8) is 0 Å². The molecule has 4 rings (SSSR count). The van der Waals surface area contributed by atoms with Gasteiger partial charge >= 0.3 is 0 Å². The number of hydrogen-bond acceptors (Lipinski definition) is 5. The molecule has 35 heavy (non-hydrogen) atoms. The fraction of sp³-hybridized carbons (Fsp3) is 0.200. The van der Waals surface area contributed by atoms with Crippen LogP contribution in [0.3, 0.4) is 0 Å². The second-order valence-electron chi connectivity index (χ2n) is 8.39. The highest BCUT2D eigenvalue weighted by Gasteiger charge is 2.18. The van der Waals surface area contributed by atoms with Gasteiger partial charge < -0.3 is 25.1 Å². The summed E-state index contributed by atoms with van der Waals surface area (Å²) in [6, 6.07) is 33.4. The predicted molar refractivity (Wildman–Crippen MR) is 138 cm³/mol. The predicted octanol–water partition coefficient (Wildman–Crippen LogP) is 5.29. The molecule has 0 saturated carbocycles. The molecule has 0 radical (unpaired) electrons. The van der Waals surface area contributed by atoms with Gasteiger partial charge in [-0.1, -0.05) is 91.0 Å². The highest BCUT2D eigenvalue weighted by molar-refractivity contribution is 5.54. The van der Waals surface area contributed by atoms with E-state index in [1.807, 2.05) is 103 Å². The van der Waals surface area contributed by atoms with Gasteiger partial charge in [-0.15, -0.1) is 0 Å². The number of rotatable bonds is 12. The first-order chi connectivity index (χ1) is 17.2. The third-order valence-corrected chi connectivity index (χ3v) is 5.51. The van der Waals surface area contributed by atoms with Crippen molar-refractivity contribution in [2.45, 2.75) is 32.3 Å². The fourth-order valence-electron chi connectivity index (χ4n) is 3.67. The number of aliphatic hydroxyl groups is 1. The minimum Gasteiger partial charge on any atom is -0.485 e. The summed E-state index contributed by atoms with van der Waals surface area (Å²) < 4.78 is 18.8. The third-order valence-electron chi connectivity index (χ3n) is 5.51. The molecular weight excluding hydrogens is 438 g/mol. The summed E-state index contributed by atoms with van der Waals surface area (Å²) in [7, 11) is 0. The Hall–Kier alpha value is -3.80. The van der Waals surface area contributed by atoms with E-state index in [1.54, 1.807) is 0 Å². The van der Waals surface area contributed by atoms with Crippen LogP contribution in [0.5, 0.6) is 17.2 Å². The van der Waals surface area contributed by atoms with Crippen molar-refractivity contribution in [2.24, 2.45) is 5.73 Å². The Morgan fingerprint density at radius 3 is 1.37 bits per heavy atom. The zero-order chi connectivity index (χ0) is 24.3. The maximum atomic E-state index is 9.49. The number of benzene rings is 4. The molecule has 0 fully saturated rings. The molecule has 4 aromatic carbocycles. The molecule has 4 aromatic rings. The van der Waals surface area contributed by atoms with Crippen molar-refractivity contribution in [3.8, 4) is 17.2 Å². The second kappa shape index (κ2) is 12.6. The van der Waals surface area contributed by atoms with Crippen LogP contribution in [0.1, 0.15) is 22.3 Å². The van der Waals surface area contributed by atoms with E-state index in [9.17, 15) is 5.11 Å². The van der Waals surface area contributed by atoms with E-state index in [0.717, 1.165) is 22.3 Å². The highest BCUT2D eigenvalue weighted by Crippen LogP contribution is 2.40. The van der Waals surface area contributed by atoms with Crippen molar-refractivity contribution < 1.29 is 19.3 Å². The van der Waals surface area contributed by atoms with Crippen LogP contribution in [-0.4, -0.2) is 17.8 Å². The lowest BCUT2D eigenvalue weighted by molar-refractivity contribution is 0.229. The van der Waals surface area contributed by atoms with Gasteiger partial charge in [0.25, 0.3) is 0 Å². The Bertz CT molecular complexity index is 1100. The first-order valence-electron chi connectivity index (χ1n) is 11.7. The Morgan fingerprint density at radius 2 is 0.971 bits per heavy atom. The molecule has 180 valence electrons. The van der Waals surface area contributed by atoms with Crippen LogP contribution in [0.4, 0.5) is 0 Å². The van der Waals surface area contributed by atoms with Crippen LogP contribution >= 0.6 is 0 Å². The van der Waals surface area contributed by atoms with Crippen molar-refractivity contribution >= 4 is 0 Å². The lowest BCUT2D eigenvalue weighted by Crippen LogP contribution is -2.26. The first kappa shape index (κ1) is 24.3. The van der Waals surface area contributed by atoms with Crippen LogP contribution in [0, 0.1) is 0 Å². The molecule has 0 heterocycles. The van der Waals surface area contributed by atoms with E-state index in [1.165, 1.54) is 0 Å². The van der Waals surface area contributed by atoms with Crippen LogP contribution in [0.2, 0.25) is 0 Å². The lowest BCUT2D eigenvalue weighted by Gasteiger charge is -2.20. The normalized spacial score (nSPS) is 11.6. The molecule has 5 heteroatoms. The zero-order valence-corrected chi connectivity index (χ0v) is 19.7. The van der Waals surface area contributed by atoms with Gasteiger partial charge in [-0.3, -0.25) is 0 Å². The summed E-state index contributed by atoms with van der Waals surface area (Å²) in [5.74, 6) is 1.70. The molecule has 5 nitrogen and oxygen atoms in total. The lowest BCUT2D eigenvalue weighted by atomic mass is 10.1. The van der Waals surface area contributed by atoms with E-state index >= 15 is 0 Å². The first-order valence-corrected chi connectivity index (χ1v) is 11.7. The number of aliphatic hydroxyl groups excluding tert-OH is 1. The summed E-state index contributed by atoms with van der Waals surface area (Å²) >= 11 is 0. The summed E-state index contributed by atoms with van der Waals surface area (Å²) in [6.45, 7) is 1.04. The number of ether oxygens (including phenoxy) is 3. The SMILES string of the molecule is NC(CO)Cc1cc(OCc2ccccc2)c(OCc2ccccc2)c(OCc2ccccc2)c1. The van der Waals surface area contributed by atoms with E-state index < -0.39 is 0 Å². The number of nitrogens with two attached hydrogens (primary N) is 1. The molecule has 0 aliphatic heterocycles. The quantitative estimate of drug-likeness (QED) is 0.295. The summed E-state index contributed by atoms with van der Waals surface area (Å²) in [5.41, 5.74) is 10.1. The maximum absolute atomic E-state index is 9.49. The van der Waals surface area contributed by atoms with Gasteiger partial charge in [0.05, 0.1) is 6.61 Å². The summed E-state index contributed by atoms with van der Waals surface area (Å²) in [6.07, 6.45) is 0.485. The van der Waals surface area contributed by atoms with Gasteiger partial charge in [-0.2, -0.15) is 0 Å². The van der Waals surface area contributed by atoms with E-state index in [4.69, 9.17) is 19.9 Å². The van der Waals surface area contributed by atoms with Crippen LogP contribution in [-0.2, 0) is 26.2 Å². The molecule has 0 aromatic heterocycles. The molecular formula is C30H31NO4.